The number of thiol groups is 1. The smallest absolute Gasteiger partial charge is 0.135 e. The Bertz CT molecular complexity index is 283. The molecule has 0 aromatic rings. The van der Waals surface area contributed by atoms with Crippen molar-refractivity contribution >= 4 is 12.8 Å². The van der Waals surface area contributed by atoms with Gasteiger partial charge in [0.1, 0.15) is 5.76 Å². The second kappa shape index (κ2) is 4.30. The summed E-state index contributed by atoms with van der Waals surface area (Å²) >= 11 is 4.26. The SMILES string of the molecule is OC1=CN(S)CC2=C1CCCCCC2. The van der Waals surface area contributed by atoms with Crippen LogP contribution in [0.1, 0.15) is 38.5 Å². The highest BCUT2D eigenvalue weighted by molar-refractivity contribution is 7.77. The lowest BCUT2D eigenvalue weighted by molar-refractivity contribution is 0.389. The second-order valence-corrected chi connectivity index (χ2v) is 4.62. The highest BCUT2D eigenvalue weighted by Gasteiger charge is 2.19. The minimum atomic E-state index is 0.433. The summed E-state index contributed by atoms with van der Waals surface area (Å²) in [6, 6.07) is 0. The van der Waals surface area contributed by atoms with Crippen LogP contribution in [0.15, 0.2) is 23.1 Å². The van der Waals surface area contributed by atoms with Crippen molar-refractivity contribution in [1.82, 2.24) is 4.31 Å². The molecule has 0 aromatic carbocycles. The summed E-state index contributed by atoms with van der Waals surface area (Å²) in [4.78, 5) is 0. The number of aliphatic hydroxyl groups excluding tert-OH is 1. The molecule has 0 amide bonds. The fourth-order valence-corrected chi connectivity index (χ4v) is 2.55. The Morgan fingerprint density at radius 1 is 1.14 bits per heavy atom. The maximum atomic E-state index is 9.80. The normalized spacial score (nSPS) is 23.8. The van der Waals surface area contributed by atoms with Gasteiger partial charge < -0.3 is 9.41 Å². The van der Waals surface area contributed by atoms with Gasteiger partial charge in [0.25, 0.3) is 0 Å². The highest BCUT2D eigenvalue weighted by atomic mass is 32.1. The van der Waals surface area contributed by atoms with Gasteiger partial charge in [-0.3, -0.25) is 0 Å². The molecule has 0 saturated heterocycles. The van der Waals surface area contributed by atoms with Gasteiger partial charge in [-0.1, -0.05) is 25.7 Å². The van der Waals surface area contributed by atoms with Crippen molar-refractivity contribution in [3.8, 4) is 0 Å². The van der Waals surface area contributed by atoms with Gasteiger partial charge >= 0.3 is 0 Å². The Labute approximate surface area is 90.8 Å². The fourth-order valence-electron chi connectivity index (χ4n) is 2.27. The third-order valence-electron chi connectivity index (χ3n) is 3.02. The van der Waals surface area contributed by atoms with E-state index in [0.717, 1.165) is 19.4 Å². The van der Waals surface area contributed by atoms with Crippen LogP contribution in [-0.2, 0) is 0 Å². The Kier molecular flexibility index (Phi) is 3.06. The molecule has 1 aliphatic carbocycles. The van der Waals surface area contributed by atoms with Gasteiger partial charge in [-0.25, -0.2) is 0 Å². The van der Waals surface area contributed by atoms with Crippen molar-refractivity contribution in [3.05, 3.63) is 23.1 Å². The molecule has 0 radical (unpaired) electrons. The zero-order valence-electron chi connectivity index (χ0n) is 8.37. The lowest BCUT2D eigenvalue weighted by Crippen LogP contribution is -2.18. The van der Waals surface area contributed by atoms with Crippen LogP contribution in [0.25, 0.3) is 0 Å². The Hall–Kier alpha value is -0.570. The van der Waals surface area contributed by atoms with Crippen LogP contribution in [0.4, 0.5) is 0 Å². The van der Waals surface area contributed by atoms with Crippen molar-refractivity contribution < 1.29 is 5.11 Å². The molecule has 1 aliphatic heterocycles. The average Bonchev–Trinajstić information content (AvgIpc) is 2.07. The van der Waals surface area contributed by atoms with E-state index in [2.05, 4.69) is 12.8 Å². The van der Waals surface area contributed by atoms with E-state index in [0.29, 0.717) is 5.76 Å². The molecule has 0 bridgehead atoms. The van der Waals surface area contributed by atoms with E-state index in [9.17, 15) is 5.11 Å². The monoisotopic (exact) mass is 211 g/mol. The van der Waals surface area contributed by atoms with E-state index in [1.165, 1.54) is 36.8 Å². The zero-order valence-corrected chi connectivity index (χ0v) is 9.26. The van der Waals surface area contributed by atoms with Crippen LogP contribution in [0.2, 0.25) is 0 Å². The molecule has 0 unspecified atom stereocenters. The number of aliphatic hydroxyl groups is 1. The molecule has 14 heavy (non-hydrogen) atoms. The van der Waals surface area contributed by atoms with Gasteiger partial charge in [-0.2, -0.15) is 0 Å². The van der Waals surface area contributed by atoms with Crippen LogP contribution in [0, 0.1) is 0 Å². The Morgan fingerprint density at radius 2 is 1.86 bits per heavy atom. The molecule has 1 heterocycles. The van der Waals surface area contributed by atoms with Crippen molar-refractivity contribution in [3.63, 3.8) is 0 Å². The lowest BCUT2D eigenvalue weighted by atomic mass is 9.91. The minimum absolute atomic E-state index is 0.433. The topological polar surface area (TPSA) is 23.5 Å². The second-order valence-electron chi connectivity index (χ2n) is 4.11. The summed E-state index contributed by atoms with van der Waals surface area (Å²) in [5, 5.41) is 9.80. The molecule has 1 N–H and O–H groups in total. The van der Waals surface area contributed by atoms with Gasteiger partial charge in [-0.05, 0) is 36.8 Å². The molecular weight excluding hydrogens is 194 g/mol. The molecule has 78 valence electrons. The van der Waals surface area contributed by atoms with Crippen molar-refractivity contribution in [2.24, 2.45) is 0 Å². The molecule has 0 atom stereocenters. The summed E-state index contributed by atoms with van der Waals surface area (Å²) in [6.07, 6.45) is 8.99. The first kappa shape index (κ1) is 9.97. The van der Waals surface area contributed by atoms with Crippen molar-refractivity contribution in [1.29, 1.82) is 0 Å². The van der Waals surface area contributed by atoms with Gasteiger partial charge in [0.05, 0.1) is 12.7 Å². The van der Waals surface area contributed by atoms with Gasteiger partial charge in [0, 0.05) is 0 Å². The largest absolute Gasteiger partial charge is 0.506 e. The summed E-state index contributed by atoms with van der Waals surface area (Å²) in [5.41, 5.74) is 2.58. The van der Waals surface area contributed by atoms with E-state index in [1.807, 2.05) is 0 Å². The molecule has 0 spiro atoms. The van der Waals surface area contributed by atoms with Gasteiger partial charge in [-0.15, -0.1) is 0 Å². The fraction of sp³-hybridized carbons (Fsp3) is 0.636. The standard InChI is InChI=1S/C11H17NOS/c13-11-8-12(14)7-9-5-3-1-2-4-6-10(9)11/h8,13-14H,1-7H2. The van der Waals surface area contributed by atoms with Crippen LogP contribution in [-0.4, -0.2) is 16.0 Å². The van der Waals surface area contributed by atoms with Crippen molar-refractivity contribution in [2.75, 3.05) is 6.54 Å². The molecule has 0 saturated carbocycles. The third kappa shape index (κ3) is 2.08. The first-order valence-corrected chi connectivity index (χ1v) is 5.75. The predicted molar refractivity (Wildman–Crippen MR) is 61.1 cm³/mol. The number of rotatable bonds is 0. The van der Waals surface area contributed by atoms with E-state index in [-0.39, 0.29) is 0 Å². The zero-order chi connectivity index (χ0) is 9.97. The number of allylic oxidation sites excluding steroid dienone is 1. The number of hydrogen-bond donors (Lipinski definition) is 2. The van der Waals surface area contributed by atoms with Crippen LogP contribution in [0.3, 0.4) is 0 Å². The Morgan fingerprint density at radius 3 is 2.64 bits per heavy atom. The summed E-state index contributed by atoms with van der Waals surface area (Å²) in [7, 11) is 0. The molecule has 2 rings (SSSR count). The summed E-state index contributed by atoms with van der Waals surface area (Å²) in [6.45, 7) is 0.877. The first-order chi connectivity index (χ1) is 6.77. The van der Waals surface area contributed by atoms with Crippen LogP contribution >= 0.6 is 12.8 Å². The maximum absolute atomic E-state index is 9.80. The van der Waals surface area contributed by atoms with Crippen LogP contribution < -0.4 is 0 Å². The third-order valence-corrected chi connectivity index (χ3v) is 3.27. The quantitative estimate of drug-likeness (QED) is 0.601. The first-order valence-electron chi connectivity index (χ1n) is 5.35. The van der Waals surface area contributed by atoms with E-state index in [1.54, 1.807) is 10.5 Å². The minimum Gasteiger partial charge on any atom is -0.506 e. The summed E-state index contributed by atoms with van der Waals surface area (Å²) in [5.74, 6) is 0.433. The molecule has 0 aromatic heterocycles. The average molecular weight is 211 g/mol. The van der Waals surface area contributed by atoms with Crippen LogP contribution in [0.5, 0.6) is 0 Å². The molecule has 3 heteroatoms. The Balaban J connectivity index is 2.22. The van der Waals surface area contributed by atoms with E-state index < -0.39 is 0 Å². The summed E-state index contributed by atoms with van der Waals surface area (Å²) < 4.78 is 1.77. The molecule has 2 nitrogen and oxygen atoms in total. The number of hydrogen-bond acceptors (Lipinski definition) is 3. The highest BCUT2D eigenvalue weighted by Crippen LogP contribution is 2.31. The van der Waals surface area contributed by atoms with Crippen molar-refractivity contribution in [2.45, 2.75) is 38.5 Å². The van der Waals surface area contributed by atoms with Gasteiger partial charge in [0.2, 0.25) is 0 Å². The number of nitrogens with zero attached hydrogens (tertiary/aromatic N) is 1. The maximum Gasteiger partial charge on any atom is 0.135 e. The molecule has 2 aliphatic rings. The predicted octanol–water partition coefficient (Wildman–Crippen LogP) is 3.20. The lowest BCUT2D eigenvalue weighted by Gasteiger charge is -2.26. The van der Waals surface area contributed by atoms with E-state index >= 15 is 0 Å². The van der Waals surface area contributed by atoms with E-state index in [4.69, 9.17) is 0 Å². The molecule has 0 fully saturated rings. The van der Waals surface area contributed by atoms with Gasteiger partial charge in [0.15, 0.2) is 0 Å². The molecular formula is C11H17NOS.